The fourth-order valence-corrected chi connectivity index (χ4v) is 5.23. The fraction of sp³-hybridized carbons (Fsp3) is 0.625. The number of ether oxygens (including phenoxy) is 1. The number of hydrogen-bond acceptors (Lipinski definition) is 3. The molecule has 1 saturated carbocycles. The van der Waals surface area contributed by atoms with E-state index in [1.807, 2.05) is 0 Å². The fourth-order valence-electron chi connectivity index (χ4n) is 3.60. The smallest absolute Gasteiger partial charge is 0.126 e. The predicted molar refractivity (Wildman–Crippen MR) is 82.0 cm³/mol. The van der Waals surface area contributed by atoms with Gasteiger partial charge in [-0.25, -0.2) is 4.39 Å². The van der Waals surface area contributed by atoms with Gasteiger partial charge in [-0.15, -0.1) is 0 Å². The third kappa shape index (κ3) is 3.29. The maximum Gasteiger partial charge on any atom is 0.126 e. The Morgan fingerprint density at radius 3 is 2.71 bits per heavy atom. The van der Waals surface area contributed by atoms with Crippen molar-refractivity contribution in [3.63, 3.8) is 0 Å². The van der Waals surface area contributed by atoms with Gasteiger partial charge in [-0.3, -0.25) is 4.21 Å². The van der Waals surface area contributed by atoms with Crippen molar-refractivity contribution in [2.24, 2.45) is 0 Å². The molecular weight excluding hydrogens is 289 g/mol. The van der Waals surface area contributed by atoms with Gasteiger partial charge in [0, 0.05) is 22.4 Å². The van der Waals surface area contributed by atoms with E-state index in [1.54, 1.807) is 6.07 Å². The Morgan fingerprint density at radius 2 is 2.00 bits per heavy atom. The van der Waals surface area contributed by atoms with E-state index in [0.29, 0.717) is 17.2 Å². The van der Waals surface area contributed by atoms with Gasteiger partial charge < -0.3 is 10.5 Å². The van der Waals surface area contributed by atoms with Crippen LogP contribution in [0.5, 0.6) is 0 Å². The predicted octanol–water partition coefficient (Wildman–Crippen LogP) is 3.40. The molecule has 5 heteroatoms. The number of nitrogen functional groups attached to an aromatic ring is 1. The van der Waals surface area contributed by atoms with E-state index in [-0.39, 0.29) is 10.9 Å². The van der Waals surface area contributed by atoms with Crippen LogP contribution in [0.25, 0.3) is 0 Å². The van der Waals surface area contributed by atoms with Gasteiger partial charge in [0.2, 0.25) is 0 Å². The van der Waals surface area contributed by atoms with Gasteiger partial charge >= 0.3 is 0 Å². The molecule has 3 rings (SSSR count). The van der Waals surface area contributed by atoms with Crippen molar-refractivity contribution in [2.45, 2.75) is 60.7 Å². The van der Waals surface area contributed by atoms with Crippen molar-refractivity contribution < 1.29 is 13.3 Å². The molecule has 0 aromatic heterocycles. The molecule has 1 aliphatic heterocycles. The number of rotatable bonds is 2. The number of anilines is 1. The van der Waals surface area contributed by atoms with Gasteiger partial charge in [0.05, 0.1) is 16.4 Å². The lowest BCUT2D eigenvalue weighted by atomic mass is 9.80. The minimum absolute atomic E-state index is 0.0399. The minimum Gasteiger partial charge on any atom is -0.399 e. The molecule has 2 atom stereocenters. The first-order valence-corrected chi connectivity index (χ1v) is 8.90. The Kier molecular flexibility index (Phi) is 4.31. The molecule has 1 aromatic carbocycles. The molecule has 2 fully saturated rings. The van der Waals surface area contributed by atoms with Gasteiger partial charge in [-0.05, 0) is 43.9 Å². The molecule has 3 nitrogen and oxygen atoms in total. The Labute approximate surface area is 127 Å². The largest absolute Gasteiger partial charge is 0.399 e. The number of halogens is 1. The lowest BCUT2D eigenvalue weighted by molar-refractivity contribution is -0.0975. The van der Waals surface area contributed by atoms with E-state index >= 15 is 0 Å². The molecule has 1 aromatic rings. The summed E-state index contributed by atoms with van der Waals surface area (Å²) in [5.74, 6) is -0.419. The first-order valence-electron chi connectivity index (χ1n) is 7.69. The summed E-state index contributed by atoms with van der Waals surface area (Å²) in [5, 5.41) is 0.0399. The minimum atomic E-state index is -1.22. The first-order chi connectivity index (χ1) is 10.1. The van der Waals surface area contributed by atoms with E-state index in [9.17, 15) is 8.60 Å². The molecule has 2 N–H and O–H groups in total. The average Bonchev–Trinajstić information content (AvgIpc) is 2.46. The number of hydrogen-bond donors (Lipinski definition) is 1. The Balaban J connectivity index is 1.77. The average molecular weight is 311 g/mol. The van der Waals surface area contributed by atoms with Gasteiger partial charge in [0.25, 0.3) is 0 Å². The summed E-state index contributed by atoms with van der Waals surface area (Å²) in [6.07, 6.45) is 7.34. The zero-order valence-corrected chi connectivity index (χ0v) is 13.0. The molecule has 0 amide bonds. The monoisotopic (exact) mass is 311 g/mol. The topological polar surface area (TPSA) is 52.3 Å². The van der Waals surface area contributed by atoms with Crippen molar-refractivity contribution in [2.75, 3.05) is 12.3 Å². The Hall–Kier alpha value is -0.940. The molecule has 1 spiro atoms. The van der Waals surface area contributed by atoms with Crippen molar-refractivity contribution in [3.05, 3.63) is 24.0 Å². The van der Waals surface area contributed by atoms with Gasteiger partial charge in [-0.2, -0.15) is 0 Å². The van der Waals surface area contributed by atoms with E-state index in [2.05, 4.69) is 0 Å². The lowest BCUT2D eigenvalue weighted by Gasteiger charge is -2.43. The van der Waals surface area contributed by atoms with E-state index in [0.717, 1.165) is 25.7 Å². The van der Waals surface area contributed by atoms with Crippen LogP contribution in [-0.4, -0.2) is 21.7 Å². The van der Waals surface area contributed by atoms with Crippen LogP contribution >= 0.6 is 0 Å². The zero-order valence-electron chi connectivity index (χ0n) is 12.1. The normalized spacial score (nSPS) is 26.6. The van der Waals surface area contributed by atoms with Crippen LogP contribution in [0.4, 0.5) is 10.1 Å². The summed E-state index contributed by atoms with van der Waals surface area (Å²) in [4.78, 5) is 0.505. The van der Waals surface area contributed by atoms with Crippen molar-refractivity contribution in [3.8, 4) is 0 Å². The third-order valence-corrected chi connectivity index (χ3v) is 6.35. The second-order valence-electron chi connectivity index (χ2n) is 6.22. The van der Waals surface area contributed by atoms with Crippen LogP contribution < -0.4 is 5.73 Å². The molecule has 2 unspecified atom stereocenters. The second-order valence-corrected chi connectivity index (χ2v) is 7.96. The summed E-state index contributed by atoms with van der Waals surface area (Å²) in [6, 6.07) is 4.23. The SMILES string of the molecule is Nc1cc(F)cc(S(=O)C2CCOC3(CCCCC3)C2)c1. The van der Waals surface area contributed by atoms with E-state index in [1.165, 1.54) is 31.4 Å². The van der Waals surface area contributed by atoms with Gasteiger partial charge in [-0.1, -0.05) is 19.3 Å². The van der Waals surface area contributed by atoms with Crippen LogP contribution in [0, 0.1) is 5.82 Å². The Morgan fingerprint density at radius 1 is 1.24 bits per heavy atom. The highest BCUT2D eigenvalue weighted by atomic mass is 32.2. The summed E-state index contributed by atoms with van der Waals surface area (Å²) in [5.41, 5.74) is 5.91. The van der Waals surface area contributed by atoms with E-state index in [4.69, 9.17) is 10.5 Å². The first kappa shape index (κ1) is 15.0. The van der Waals surface area contributed by atoms with Crippen LogP contribution in [0.1, 0.15) is 44.9 Å². The third-order valence-electron chi connectivity index (χ3n) is 4.64. The second kappa shape index (κ2) is 6.05. The summed E-state index contributed by atoms with van der Waals surface area (Å²) < 4.78 is 32.3. The summed E-state index contributed by atoms with van der Waals surface area (Å²) >= 11 is 0. The highest BCUT2D eigenvalue weighted by molar-refractivity contribution is 7.85. The summed E-state index contributed by atoms with van der Waals surface area (Å²) in [6.45, 7) is 0.654. The highest BCUT2D eigenvalue weighted by Crippen LogP contribution is 2.40. The van der Waals surface area contributed by atoms with Crippen LogP contribution in [0.2, 0.25) is 0 Å². The van der Waals surface area contributed by atoms with Crippen molar-refractivity contribution in [1.29, 1.82) is 0 Å². The standard InChI is InChI=1S/C16H22FNO2S/c17-12-8-13(18)10-15(9-12)21(19)14-4-7-20-16(11-14)5-2-1-3-6-16/h8-10,14H,1-7,11,18H2. The molecule has 0 radical (unpaired) electrons. The molecule has 1 heterocycles. The van der Waals surface area contributed by atoms with E-state index < -0.39 is 16.6 Å². The van der Waals surface area contributed by atoms with Crippen molar-refractivity contribution >= 4 is 16.5 Å². The summed E-state index contributed by atoms with van der Waals surface area (Å²) in [7, 11) is -1.22. The van der Waals surface area contributed by atoms with Gasteiger partial charge in [0.1, 0.15) is 5.82 Å². The lowest BCUT2D eigenvalue weighted by Crippen LogP contribution is -2.44. The molecule has 2 aliphatic rings. The maximum atomic E-state index is 13.5. The highest BCUT2D eigenvalue weighted by Gasteiger charge is 2.40. The number of benzene rings is 1. The molecule has 116 valence electrons. The van der Waals surface area contributed by atoms with Gasteiger partial charge in [0.15, 0.2) is 0 Å². The zero-order chi connectivity index (χ0) is 14.9. The number of nitrogens with two attached hydrogens (primary N) is 1. The van der Waals surface area contributed by atoms with Crippen molar-refractivity contribution in [1.82, 2.24) is 0 Å². The molecule has 1 saturated heterocycles. The Bertz CT molecular complexity index is 517. The molecule has 1 aliphatic carbocycles. The van der Waals surface area contributed by atoms with Crippen LogP contribution in [-0.2, 0) is 15.5 Å². The molecule has 21 heavy (non-hydrogen) atoms. The molecule has 0 bridgehead atoms. The van der Waals surface area contributed by atoms with Crippen LogP contribution in [0.15, 0.2) is 23.1 Å². The van der Waals surface area contributed by atoms with Crippen LogP contribution in [0.3, 0.4) is 0 Å². The molecular formula is C16H22FNO2S. The quantitative estimate of drug-likeness (QED) is 0.852. The maximum absolute atomic E-state index is 13.5.